The van der Waals surface area contributed by atoms with Crippen LogP contribution in [0.2, 0.25) is 0 Å². The first-order valence-corrected chi connectivity index (χ1v) is 7.71. The number of hydrogen-bond donors (Lipinski definition) is 1. The first-order chi connectivity index (χ1) is 8.06. The second-order valence-corrected chi connectivity index (χ2v) is 6.74. The van der Waals surface area contributed by atoms with Gasteiger partial charge in [0.1, 0.15) is 0 Å². The van der Waals surface area contributed by atoms with Crippen LogP contribution in [-0.2, 0) is 10.0 Å². The molecule has 0 aliphatic heterocycles. The Hall–Kier alpha value is -1.23. The van der Waals surface area contributed by atoms with E-state index in [9.17, 15) is 8.42 Å². The van der Waals surface area contributed by atoms with Crippen molar-refractivity contribution in [3.63, 3.8) is 0 Å². The van der Waals surface area contributed by atoms with E-state index in [0.717, 1.165) is 22.4 Å². The summed E-state index contributed by atoms with van der Waals surface area (Å²) in [6.45, 7) is 8.05. The smallest absolute Gasteiger partial charge is 0.229 e. The van der Waals surface area contributed by atoms with Crippen LogP contribution in [0.5, 0.6) is 0 Å². The zero-order valence-electron chi connectivity index (χ0n) is 12.2. The van der Waals surface area contributed by atoms with Crippen LogP contribution in [0.1, 0.15) is 22.3 Å². The predicted molar refractivity (Wildman–Crippen MR) is 78.2 cm³/mol. The lowest BCUT2D eigenvalue weighted by atomic mass is 9.95. The van der Waals surface area contributed by atoms with E-state index in [1.165, 1.54) is 11.8 Å². The molecule has 102 valence electrons. The zero-order chi connectivity index (χ0) is 14.2. The Morgan fingerprint density at radius 3 is 1.72 bits per heavy atom. The Kier molecular flexibility index (Phi) is 3.96. The molecule has 1 rings (SSSR count). The second-order valence-electron chi connectivity index (χ2n) is 4.99. The number of benzene rings is 1. The van der Waals surface area contributed by atoms with Crippen LogP contribution in [0.25, 0.3) is 0 Å². The van der Waals surface area contributed by atoms with Gasteiger partial charge in [0, 0.05) is 14.1 Å². The highest BCUT2D eigenvalue weighted by atomic mass is 32.2. The summed E-state index contributed by atoms with van der Waals surface area (Å²) in [4.78, 5) is 1.95. The Labute approximate surface area is 110 Å². The number of anilines is 2. The summed E-state index contributed by atoms with van der Waals surface area (Å²) >= 11 is 0. The summed E-state index contributed by atoms with van der Waals surface area (Å²) in [5.41, 5.74) is 6.03. The minimum atomic E-state index is -3.28. The van der Waals surface area contributed by atoms with E-state index in [1.807, 2.05) is 39.8 Å². The number of nitrogens with one attached hydrogen (secondary N) is 1. The van der Waals surface area contributed by atoms with E-state index in [1.54, 1.807) is 0 Å². The molecule has 0 aliphatic rings. The van der Waals surface area contributed by atoms with E-state index in [2.05, 4.69) is 11.6 Å². The molecule has 18 heavy (non-hydrogen) atoms. The van der Waals surface area contributed by atoms with Gasteiger partial charge in [0.2, 0.25) is 10.0 Å². The van der Waals surface area contributed by atoms with Crippen molar-refractivity contribution in [3.05, 3.63) is 22.3 Å². The van der Waals surface area contributed by atoms with Crippen molar-refractivity contribution in [3.8, 4) is 0 Å². The van der Waals surface area contributed by atoms with Crippen LogP contribution in [0.15, 0.2) is 0 Å². The first-order valence-electron chi connectivity index (χ1n) is 5.81. The van der Waals surface area contributed by atoms with Gasteiger partial charge in [-0.2, -0.15) is 0 Å². The van der Waals surface area contributed by atoms with Crippen LogP contribution in [0, 0.1) is 27.7 Å². The van der Waals surface area contributed by atoms with Crippen molar-refractivity contribution in [1.29, 1.82) is 0 Å². The minimum Gasteiger partial charge on any atom is -0.376 e. The van der Waals surface area contributed by atoms with Crippen molar-refractivity contribution < 1.29 is 8.42 Å². The molecule has 0 aromatic heterocycles. The molecule has 0 amide bonds. The van der Waals surface area contributed by atoms with Gasteiger partial charge in [0.15, 0.2) is 0 Å². The van der Waals surface area contributed by atoms with Crippen molar-refractivity contribution in [2.24, 2.45) is 0 Å². The third-order valence-corrected chi connectivity index (χ3v) is 3.96. The molecule has 0 aliphatic carbocycles. The maximum absolute atomic E-state index is 11.5. The largest absolute Gasteiger partial charge is 0.376 e. The number of hydrogen-bond acceptors (Lipinski definition) is 3. The lowest BCUT2D eigenvalue weighted by Crippen LogP contribution is -2.19. The van der Waals surface area contributed by atoms with E-state index in [4.69, 9.17) is 0 Å². The molecule has 1 aromatic carbocycles. The van der Waals surface area contributed by atoms with Crippen molar-refractivity contribution in [2.75, 3.05) is 30.0 Å². The molecule has 0 heterocycles. The molecule has 0 saturated heterocycles. The van der Waals surface area contributed by atoms with E-state index in [0.29, 0.717) is 5.69 Å². The fourth-order valence-electron chi connectivity index (χ4n) is 2.16. The highest BCUT2D eigenvalue weighted by molar-refractivity contribution is 7.92. The second kappa shape index (κ2) is 4.80. The van der Waals surface area contributed by atoms with Gasteiger partial charge in [-0.05, 0) is 49.9 Å². The average molecular weight is 270 g/mol. The summed E-state index contributed by atoms with van der Waals surface area (Å²) in [7, 11) is 0.563. The summed E-state index contributed by atoms with van der Waals surface area (Å²) in [5.74, 6) is 0. The Morgan fingerprint density at radius 1 is 0.889 bits per heavy atom. The SMILES string of the molecule is Cc1c(C)c(C)c(N(C)C)c(NS(C)(=O)=O)c1C. The third kappa shape index (κ3) is 2.77. The molecule has 5 heteroatoms. The summed E-state index contributed by atoms with van der Waals surface area (Å²) < 4.78 is 25.6. The van der Waals surface area contributed by atoms with Crippen molar-refractivity contribution in [1.82, 2.24) is 0 Å². The first kappa shape index (κ1) is 14.8. The van der Waals surface area contributed by atoms with E-state index in [-0.39, 0.29) is 0 Å². The topological polar surface area (TPSA) is 49.4 Å². The summed E-state index contributed by atoms with van der Waals surface area (Å²) in [5, 5.41) is 0. The standard InChI is InChI=1S/C13H22N2O2S/c1-8-9(2)11(4)13(15(5)6)12(10(8)3)14-18(7,16)17/h14H,1-7H3. The monoisotopic (exact) mass is 270 g/mol. The van der Waals surface area contributed by atoms with Crippen LogP contribution in [-0.4, -0.2) is 28.8 Å². The average Bonchev–Trinajstić information content (AvgIpc) is 2.20. The van der Waals surface area contributed by atoms with Crippen LogP contribution in [0.4, 0.5) is 11.4 Å². The lowest BCUT2D eigenvalue weighted by molar-refractivity contribution is 0.606. The maximum Gasteiger partial charge on any atom is 0.229 e. The molecule has 0 bridgehead atoms. The molecule has 0 unspecified atom stereocenters. The zero-order valence-corrected chi connectivity index (χ0v) is 13.0. The fraction of sp³-hybridized carbons (Fsp3) is 0.538. The Morgan fingerprint density at radius 2 is 1.33 bits per heavy atom. The molecule has 0 atom stereocenters. The Bertz CT molecular complexity index is 575. The fourth-order valence-corrected chi connectivity index (χ4v) is 2.78. The van der Waals surface area contributed by atoms with Gasteiger partial charge >= 0.3 is 0 Å². The predicted octanol–water partition coefficient (Wildman–Crippen LogP) is 2.36. The van der Waals surface area contributed by atoms with Gasteiger partial charge < -0.3 is 4.90 Å². The van der Waals surface area contributed by atoms with Gasteiger partial charge in [-0.25, -0.2) is 8.42 Å². The van der Waals surface area contributed by atoms with Crippen molar-refractivity contribution >= 4 is 21.4 Å². The molecule has 0 spiro atoms. The highest BCUT2D eigenvalue weighted by Gasteiger charge is 2.18. The summed E-state index contributed by atoms with van der Waals surface area (Å²) in [6.07, 6.45) is 1.18. The van der Waals surface area contributed by atoms with E-state index < -0.39 is 10.0 Å². The van der Waals surface area contributed by atoms with Gasteiger partial charge in [-0.15, -0.1) is 0 Å². The van der Waals surface area contributed by atoms with Crippen LogP contribution in [0.3, 0.4) is 0 Å². The lowest BCUT2D eigenvalue weighted by Gasteiger charge is -2.25. The molecule has 1 aromatic rings. The molecular weight excluding hydrogens is 248 g/mol. The van der Waals surface area contributed by atoms with Crippen LogP contribution < -0.4 is 9.62 Å². The van der Waals surface area contributed by atoms with Gasteiger partial charge in [-0.3, -0.25) is 4.72 Å². The molecular formula is C13H22N2O2S. The molecule has 1 N–H and O–H groups in total. The number of nitrogens with zero attached hydrogens (tertiary/aromatic N) is 1. The van der Waals surface area contributed by atoms with Crippen molar-refractivity contribution in [2.45, 2.75) is 27.7 Å². The quantitative estimate of drug-likeness (QED) is 0.917. The van der Waals surface area contributed by atoms with Gasteiger partial charge in [0.25, 0.3) is 0 Å². The third-order valence-electron chi connectivity index (χ3n) is 3.39. The summed E-state index contributed by atoms with van der Waals surface area (Å²) in [6, 6.07) is 0. The maximum atomic E-state index is 11.5. The van der Waals surface area contributed by atoms with Crippen LogP contribution >= 0.6 is 0 Å². The highest BCUT2D eigenvalue weighted by Crippen LogP contribution is 2.37. The number of rotatable bonds is 3. The minimum absolute atomic E-state index is 0.683. The molecule has 0 fully saturated rings. The molecule has 4 nitrogen and oxygen atoms in total. The molecule has 0 radical (unpaired) electrons. The number of sulfonamides is 1. The Balaban J connectivity index is 3.67. The normalized spacial score (nSPS) is 11.5. The molecule has 0 saturated carbocycles. The van der Waals surface area contributed by atoms with Gasteiger partial charge in [-0.1, -0.05) is 0 Å². The van der Waals surface area contributed by atoms with E-state index >= 15 is 0 Å². The van der Waals surface area contributed by atoms with Gasteiger partial charge in [0.05, 0.1) is 17.6 Å².